The Bertz CT molecular complexity index is 604. The van der Waals surface area contributed by atoms with E-state index in [9.17, 15) is 0 Å². The topological polar surface area (TPSA) is 57.4 Å². The first kappa shape index (κ1) is 13.0. The van der Waals surface area contributed by atoms with Gasteiger partial charge in [-0.2, -0.15) is 4.98 Å². The first-order chi connectivity index (χ1) is 9.28. The maximum absolute atomic E-state index is 5.03. The van der Waals surface area contributed by atoms with E-state index >= 15 is 0 Å². The lowest BCUT2D eigenvalue weighted by molar-refractivity contribution is 0.442. The Hall–Kier alpha value is -1.01. The third kappa shape index (κ3) is 2.65. The molecule has 0 aromatic carbocycles. The molecular weight excluding hydrogens is 276 g/mol. The molecule has 0 radical (unpaired) electrons. The second kappa shape index (κ2) is 5.54. The predicted molar refractivity (Wildman–Crippen MR) is 80.1 cm³/mol. The molecule has 4 nitrogen and oxygen atoms in total. The molecule has 0 spiro atoms. The fraction of sp³-hybridized carbons (Fsp3) is 0.615. The van der Waals surface area contributed by atoms with Crippen LogP contribution in [0.3, 0.4) is 0 Å². The Morgan fingerprint density at radius 2 is 2.00 bits per heavy atom. The van der Waals surface area contributed by atoms with Crippen molar-refractivity contribution in [3.05, 3.63) is 15.5 Å². The number of H-pyrrole nitrogens is 2. The number of aryl methyl sites for hydroxylation is 1. The summed E-state index contributed by atoms with van der Waals surface area (Å²) in [5.41, 5.74) is 1.14. The van der Waals surface area contributed by atoms with E-state index in [2.05, 4.69) is 22.1 Å². The van der Waals surface area contributed by atoms with Crippen LogP contribution in [0, 0.1) is 4.77 Å². The molecule has 1 aliphatic carbocycles. The van der Waals surface area contributed by atoms with Crippen LogP contribution in [0.15, 0.2) is 0 Å². The Morgan fingerprint density at radius 3 is 2.63 bits per heavy atom. The van der Waals surface area contributed by atoms with E-state index in [1.54, 1.807) is 11.3 Å². The van der Waals surface area contributed by atoms with Gasteiger partial charge in [0.05, 0.1) is 15.6 Å². The van der Waals surface area contributed by atoms with Gasteiger partial charge in [-0.25, -0.2) is 4.98 Å². The van der Waals surface area contributed by atoms with Crippen molar-refractivity contribution in [3.63, 3.8) is 0 Å². The molecule has 102 valence electrons. The minimum absolute atomic E-state index is 0.504. The van der Waals surface area contributed by atoms with Gasteiger partial charge in [0.2, 0.25) is 4.77 Å². The summed E-state index contributed by atoms with van der Waals surface area (Å²) in [7, 11) is 0. The van der Waals surface area contributed by atoms with Crippen molar-refractivity contribution in [2.75, 3.05) is 0 Å². The van der Waals surface area contributed by atoms with Gasteiger partial charge in [0.25, 0.3) is 0 Å². The highest BCUT2D eigenvalue weighted by atomic mass is 32.1. The highest BCUT2D eigenvalue weighted by Crippen LogP contribution is 2.38. The van der Waals surface area contributed by atoms with Crippen LogP contribution in [0.5, 0.6) is 0 Å². The molecule has 2 N–H and O–H groups in total. The highest BCUT2D eigenvalue weighted by Gasteiger charge is 2.22. The molecule has 2 heterocycles. The third-order valence-corrected chi connectivity index (χ3v) is 5.18. The molecule has 0 bridgehead atoms. The Balaban J connectivity index is 1.95. The van der Waals surface area contributed by atoms with Gasteiger partial charge in [0, 0.05) is 5.92 Å². The molecule has 1 saturated carbocycles. The first-order valence-corrected chi connectivity index (χ1v) is 8.15. The van der Waals surface area contributed by atoms with E-state index in [0.717, 1.165) is 22.8 Å². The largest absolute Gasteiger partial charge is 0.281 e. The number of hydrogen-bond acceptors (Lipinski definition) is 4. The Labute approximate surface area is 121 Å². The van der Waals surface area contributed by atoms with Crippen LogP contribution >= 0.6 is 23.6 Å². The molecule has 0 aliphatic heterocycles. The molecule has 2 aromatic rings. The van der Waals surface area contributed by atoms with Gasteiger partial charge in [-0.15, -0.1) is 11.3 Å². The lowest BCUT2D eigenvalue weighted by Crippen LogP contribution is -2.04. The van der Waals surface area contributed by atoms with E-state index in [1.807, 2.05) is 0 Å². The smallest absolute Gasteiger partial charge is 0.213 e. The predicted octanol–water partition coefficient (Wildman–Crippen LogP) is 4.20. The maximum atomic E-state index is 5.03. The second-order valence-corrected chi connectivity index (χ2v) is 6.45. The zero-order valence-corrected chi connectivity index (χ0v) is 12.7. The van der Waals surface area contributed by atoms with Crippen molar-refractivity contribution in [2.24, 2.45) is 0 Å². The number of aromatic amines is 2. The molecule has 19 heavy (non-hydrogen) atoms. The summed E-state index contributed by atoms with van der Waals surface area (Å²) in [5, 5.41) is 7.19. The molecule has 0 atom stereocenters. The molecule has 3 rings (SSSR count). The molecule has 0 unspecified atom stereocenters. The van der Waals surface area contributed by atoms with E-state index in [4.69, 9.17) is 17.2 Å². The molecular formula is C13H18N4S2. The standard InChI is InChI=1S/C13H18N4S2/c1-2-9-10(11-15-13(18)17-16-11)19-12(14-9)8-6-4-3-5-7-8/h8H,2-7H2,1H3,(H2,15,16,17,18). The lowest BCUT2D eigenvalue weighted by atomic mass is 9.90. The summed E-state index contributed by atoms with van der Waals surface area (Å²) in [6.07, 6.45) is 7.56. The lowest BCUT2D eigenvalue weighted by Gasteiger charge is -2.18. The maximum Gasteiger partial charge on any atom is 0.213 e. The number of thiazole rings is 1. The molecule has 0 saturated heterocycles. The fourth-order valence-electron chi connectivity index (χ4n) is 2.70. The normalized spacial score (nSPS) is 16.9. The van der Waals surface area contributed by atoms with Gasteiger partial charge in [-0.05, 0) is 31.5 Å². The van der Waals surface area contributed by atoms with Gasteiger partial charge in [0.15, 0.2) is 5.82 Å². The number of rotatable bonds is 3. The Morgan fingerprint density at radius 1 is 1.21 bits per heavy atom. The van der Waals surface area contributed by atoms with Gasteiger partial charge < -0.3 is 0 Å². The number of hydrogen-bond donors (Lipinski definition) is 2. The van der Waals surface area contributed by atoms with Gasteiger partial charge >= 0.3 is 0 Å². The summed E-state index contributed by atoms with van der Waals surface area (Å²) in [6.45, 7) is 2.14. The fourth-order valence-corrected chi connectivity index (χ4v) is 4.11. The van der Waals surface area contributed by atoms with Crippen molar-refractivity contribution >= 4 is 23.6 Å². The molecule has 0 amide bonds. The number of aromatic nitrogens is 4. The minimum Gasteiger partial charge on any atom is -0.281 e. The summed E-state index contributed by atoms with van der Waals surface area (Å²) in [4.78, 5) is 10.3. The summed E-state index contributed by atoms with van der Waals surface area (Å²) in [6, 6.07) is 0. The zero-order valence-electron chi connectivity index (χ0n) is 11.0. The van der Waals surface area contributed by atoms with E-state index < -0.39 is 0 Å². The quantitative estimate of drug-likeness (QED) is 0.834. The van der Waals surface area contributed by atoms with Crippen LogP contribution in [-0.4, -0.2) is 20.2 Å². The van der Waals surface area contributed by atoms with Crippen LogP contribution in [-0.2, 0) is 6.42 Å². The highest BCUT2D eigenvalue weighted by molar-refractivity contribution is 7.71. The van der Waals surface area contributed by atoms with E-state index in [0.29, 0.717) is 10.7 Å². The van der Waals surface area contributed by atoms with Crippen molar-refractivity contribution in [1.29, 1.82) is 0 Å². The molecule has 6 heteroatoms. The SMILES string of the molecule is CCc1nc(C2CCCCC2)sc1-c1nc(=S)[nH][nH]1. The average molecular weight is 294 g/mol. The van der Waals surface area contributed by atoms with Crippen molar-refractivity contribution in [1.82, 2.24) is 20.2 Å². The minimum atomic E-state index is 0.504. The molecule has 2 aromatic heterocycles. The van der Waals surface area contributed by atoms with Crippen molar-refractivity contribution < 1.29 is 0 Å². The average Bonchev–Trinajstić information content (AvgIpc) is 3.05. The second-order valence-electron chi connectivity index (χ2n) is 5.03. The van der Waals surface area contributed by atoms with Crippen LogP contribution in [0.25, 0.3) is 10.7 Å². The van der Waals surface area contributed by atoms with Crippen molar-refractivity contribution in [3.8, 4) is 10.7 Å². The monoisotopic (exact) mass is 294 g/mol. The molecule has 1 fully saturated rings. The van der Waals surface area contributed by atoms with Crippen LogP contribution in [0.2, 0.25) is 0 Å². The van der Waals surface area contributed by atoms with Gasteiger partial charge in [-0.1, -0.05) is 26.2 Å². The van der Waals surface area contributed by atoms with Gasteiger partial charge in [-0.3, -0.25) is 10.2 Å². The third-order valence-electron chi connectivity index (χ3n) is 3.72. The number of nitrogens with zero attached hydrogens (tertiary/aromatic N) is 2. The zero-order chi connectivity index (χ0) is 13.2. The summed E-state index contributed by atoms with van der Waals surface area (Å²) in [5.74, 6) is 1.49. The van der Waals surface area contributed by atoms with E-state index in [1.165, 1.54) is 37.1 Å². The van der Waals surface area contributed by atoms with Crippen LogP contribution < -0.4 is 0 Å². The molecule has 1 aliphatic rings. The van der Waals surface area contributed by atoms with Crippen LogP contribution in [0.1, 0.15) is 55.6 Å². The van der Waals surface area contributed by atoms with Crippen LogP contribution in [0.4, 0.5) is 0 Å². The first-order valence-electron chi connectivity index (χ1n) is 6.92. The van der Waals surface area contributed by atoms with E-state index in [-0.39, 0.29) is 0 Å². The summed E-state index contributed by atoms with van der Waals surface area (Å²) < 4.78 is 0.504. The number of nitrogens with one attached hydrogen (secondary N) is 2. The summed E-state index contributed by atoms with van der Waals surface area (Å²) >= 11 is 6.82. The van der Waals surface area contributed by atoms with Gasteiger partial charge in [0.1, 0.15) is 0 Å². The van der Waals surface area contributed by atoms with Crippen molar-refractivity contribution in [2.45, 2.75) is 51.4 Å². The Kier molecular flexibility index (Phi) is 3.79.